The number of hydrogen-bond acceptors (Lipinski definition) is 2. The van der Waals surface area contributed by atoms with E-state index >= 15 is 0 Å². The maximum Gasteiger partial charge on any atom is 0.326 e. The van der Waals surface area contributed by atoms with Crippen LogP contribution in [-0.2, 0) is 9.59 Å². The smallest absolute Gasteiger partial charge is 0.326 e. The van der Waals surface area contributed by atoms with Crippen LogP contribution in [0.5, 0.6) is 0 Å². The minimum Gasteiger partial charge on any atom is -0.480 e. The van der Waals surface area contributed by atoms with Gasteiger partial charge in [0.15, 0.2) is 0 Å². The minimum atomic E-state index is -1.00. The Morgan fingerprint density at radius 1 is 1.17 bits per heavy atom. The van der Waals surface area contributed by atoms with E-state index in [1.165, 1.54) is 36.5 Å². The van der Waals surface area contributed by atoms with E-state index in [2.05, 4.69) is 45.2 Å². The lowest BCUT2D eigenvalue weighted by molar-refractivity contribution is -0.141. The number of rotatable bonds is 9. The molecule has 0 unspecified atom stereocenters. The highest BCUT2D eigenvalue weighted by Crippen LogP contribution is 2.40. The Hall–Kier alpha value is -2.36. The first-order valence-electron chi connectivity index (χ1n) is 10.9. The molecule has 0 bridgehead atoms. The molecule has 166 valence electrons. The van der Waals surface area contributed by atoms with E-state index in [0.717, 1.165) is 11.1 Å². The van der Waals surface area contributed by atoms with E-state index in [9.17, 15) is 14.7 Å². The van der Waals surface area contributed by atoms with Gasteiger partial charge in [-0.3, -0.25) is 4.79 Å². The maximum absolute atomic E-state index is 12.1. The maximum atomic E-state index is 12.1. The molecule has 1 rings (SSSR count). The number of carboxylic acid groups (broad SMARTS) is 1. The summed E-state index contributed by atoms with van der Waals surface area (Å²) in [7, 11) is 0. The van der Waals surface area contributed by atoms with Gasteiger partial charge in [-0.05, 0) is 68.9 Å². The van der Waals surface area contributed by atoms with Gasteiger partial charge in [-0.25, -0.2) is 4.79 Å². The molecule has 0 radical (unpaired) electrons. The Bertz CT molecular complexity index is 776. The quantitative estimate of drug-likeness (QED) is 0.353. The van der Waals surface area contributed by atoms with Crippen molar-refractivity contribution in [3.05, 3.63) is 58.7 Å². The van der Waals surface area contributed by atoms with E-state index < -0.39 is 12.0 Å². The number of hydrogen-bond donors (Lipinski definition) is 2. The molecule has 1 atom stereocenters. The summed E-state index contributed by atoms with van der Waals surface area (Å²) >= 11 is 0. The predicted molar refractivity (Wildman–Crippen MR) is 125 cm³/mol. The molecule has 0 aliphatic heterocycles. The molecule has 1 aliphatic carbocycles. The third-order valence-electron chi connectivity index (χ3n) is 5.45. The van der Waals surface area contributed by atoms with Gasteiger partial charge in [0, 0.05) is 6.08 Å². The summed E-state index contributed by atoms with van der Waals surface area (Å²) in [5, 5.41) is 11.8. The molecule has 0 fully saturated rings. The van der Waals surface area contributed by atoms with Crippen molar-refractivity contribution in [3.8, 4) is 0 Å². The molecule has 30 heavy (non-hydrogen) atoms. The van der Waals surface area contributed by atoms with E-state index in [0.29, 0.717) is 6.42 Å². The summed E-state index contributed by atoms with van der Waals surface area (Å²) < 4.78 is 0. The first-order chi connectivity index (χ1) is 13.9. The Kier molecular flexibility index (Phi) is 10.0. The zero-order valence-electron chi connectivity index (χ0n) is 19.7. The fourth-order valence-electron chi connectivity index (χ4n) is 3.79. The fraction of sp³-hybridized carbons (Fsp3) is 0.538. The van der Waals surface area contributed by atoms with Gasteiger partial charge in [0.1, 0.15) is 6.04 Å². The van der Waals surface area contributed by atoms with Gasteiger partial charge in [-0.1, -0.05) is 69.2 Å². The fourth-order valence-corrected chi connectivity index (χ4v) is 3.79. The standard InChI is InChI=1S/C26H39NO3/c1-18(2)16-23(25(29)30)27-24(28)17-20(4)11-8-10-19(3)13-14-22-21(5)12-9-15-26(22,6)7/h8,10-11,13-14,17-18,23H,9,12,15-16H2,1-7H3,(H,27,28)(H,29,30)/t23-/m0/s1. The van der Waals surface area contributed by atoms with Gasteiger partial charge in [0.25, 0.3) is 0 Å². The Morgan fingerprint density at radius 3 is 2.40 bits per heavy atom. The zero-order chi connectivity index (χ0) is 22.9. The van der Waals surface area contributed by atoms with E-state index in [-0.39, 0.29) is 17.2 Å². The molecular formula is C26H39NO3. The monoisotopic (exact) mass is 413 g/mol. The van der Waals surface area contributed by atoms with Crippen LogP contribution in [0.4, 0.5) is 0 Å². The number of aliphatic carboxylic acids is 1. The highest BCUT2D eigenvalue weighted by molar-refractivity contribution is 5.91. The summed E-state index contributed by atoms with van der Waals surface area (Å²) in [6.45, 7) is 14.6. The zero-order valence-corrected chi connectivity index (χ0v) is 19.7. The average Bonchev–Trinajstić information content (AvgIpc) is 2.59. The lowest BCUT2D eigenvalue weighted by Crippen LogP contribution is -2.40. The van der Waals surface area contributed by atoms with Crippen molar-refractivity contribution < 1.29 is 14.7 Å². The van der Waals surface area contributed by atoms with Crippen LogP contribution in [0.1, 0.15) is 74.1 Å². The Balaban J connectivity index is 2.73. The van der Waals surface area contributed by atoms with E-state index in [1.807, 2.05) is 39.0 Å². The average molecular weight is 414 g/mol. The van der Waals surface area contributed by atoms with Crippen molar-refractivity contribution in [2.24, 2.45) is 11.3 Å². The van der Waals surface area contributed by atoms with Crippen molar-refractivity contribution >= 4 is 11.9 Å². The molecule has 0 aromatic heterocycles. The van der Waals surface area contributed by atoms with Crippen molar-refractivity contribution in [2.45, 2.75) is 80.2 Å². The molecule has 4 nitrogen and oxygen atoms in total. The van der Waals surface area contributed by atoms with Gasteiger partial charge in [-0.2, -0.15) is 0 Å². The first-order valence-corrected chi connectivity index (χ1v) is 10.9. The van der Waals surface area contributed by atoms with Crippen LogP contribution in [0.15, 0.2) is 58.7 Å². The van der Waals surface area contributed by atoms with Gasteiger partial charge in [-0.15, -0.1) is 0 Å². The second-order valence-corrected chi connectivity index (χ2v) is 9.45. The van der Waals surface area contributed by atoms with Crippen LogP contribution >= 0.6 is 0 Å². The molecule has 1 aliphatic rings. The second kappa shape index (κ2) is 11.7. The predicted octanol–water partition coefficient (Wildman–Crippen LogP) is 6.13. The number of allylic oxidation sites excluding steroid dienone is 9. The van der Waals surface area contributed by atoms with E-state index in [1.54, 1.807) is 0 Å². The van der Waals surface area contributed by atoms with Gasteiger partial charge >= 0.3 is 5.97 Å². The number of amides is 1. The molecular weight excluding hydrogens is 374 g/mol. The highest BCUT2D eigenvalue weighted by Gasteiger charge is 2.26. The number of nitrogens with one attached hydrogen (secondary N) is 1. The van der Waals surface area contributed by atoms with Crippen LogP contribution in [0.25, 0.3) is 0 Å². The van der Waals surface area contributed by atoms with Crippen LogP contribution in [0.2, 0.25) is 0 Å². The van der Waals surface area contributed by atoms with Gasteiger partial charge in [0.2, 0.25) is 5.91 Å². The third kappa shape index (κ3) is 8.98. The summed E-state index contributed by atoms with van der Waals surface area (Å²) in [5.74, 6) is -1.19. The van der Waals surface area contributed by atoms with Crippen LogP contribution < -0.4 is 5.32 Å². The summed E-state index contributed by atoms with van der Waals surface area (Å²) in [5.41, 5.74) is 5.04. The largest absolute Gasteiger partial charge is 0.480 e. The van der Waals surface area contributed by atoms with Crippen LogP contribution in [0.3, 0.4) is 0 Å². The first kappa shape index (κ1) is 25.7. The molecule has 0 saturated heterocycles. The molecule has 1 amide bonds. The molecule has 4 heteroatoms. The van der Waals surface area contributed by atoms with E-state index in [4.69, 9.17) is 0 Å². The number of carbonyl (C=O) groups is 2. The minimum absolute atomic E-state index is 0.191. The lowest BCUT2D eigenvalue weighted by atomic mass is 9.72. The molecule has 0 aromatic carbocycles. The van der Waals surface area contributed by atoms with Crippen molar-refractivity contribution in [2.75, 3.05) is 0 Å². The van der Waals surface area contributed by atoms with Gasteiger partial charge < -0.3 is 10.4 Å². The SMILES string of the molecule is CC(C=CC1=C(C)CCCC1(C)C)=CC=CC(C)=CC(=O)N[C@@H](CC(C)C)C(=O)O. The molecule has 2 N–H and O–H groups in total. The lowest BCUT2D eigenvalue weighted by Gasteiger charge is -2.32. The Morgan fingerprint density at radius 2 is 1.83 bits per heavy atom. The summed E-state index contributed by atoms with van der Waals surface area (Å²) in [4.78, 5) is 23.4. The molecule has 0 heterocycles. The van der Waals surface area contributed by atoms with Gasteiger partial charge in [0.05, 0.1) is 0 Å². The Labute approximate surface area is 182 Å². The third-order valence-corrected chi connectivity index (χ3v) is 5.45. The second-order valence-electron chi connectivity index (χ2n) is 9.45. The van der Waals surface area contributed by atoms with Crippen molar-refractivity contribution in [1.29, 1.82) is 0 Å². The summed E-state index contributed by atoms with van der Waals surface area (Å²) in [6, 6.07) is -0.861. The van der Waals surface area contributed by atoms with Crippen LogP contribution in [0, 0.1) is 11.3 Å². The molecule has 0 saturated carbocycles. The van der Waals surface area contributed by atoms with Crippen molar-refractivity contribution in [1.82, 2.24) is 5.32 Å². The highest BCUT2D eigenvalue weighted by atomic mass is 16.4. The topological polar surface area (TPSA) is 66.4 Å². The number of carboxylic acids is 1. The van der Waals surface area contributed by atoms with Crippen molar-refractivity contribution in [3.63, 3.8) is 0 Å². The summed E-state index contributed by atoms with van der Waals surface area (Å²) in [6.07, 6.45) is 15.7. The molecule has 0 aromatic rings. The molecule has 0 spiro atoms. The number of carbonyl (C=O) groups excluding carboxylic acids is 1. The van der Waals surface area contributed by atoms with Crippen LogP contribution in [-0.4, -0.2) is 23.0 Å². The normalized spacial score (nSPS) is 19.1.